The van der Waals surface area contributed by atoms with E-state index < -0.39 is 33.8 Å². The van der Waals surface area contributed by atoms with E-state index in [-0.39, 0.29) is 29.3 Å². The average Bonchev–Trinajstić information content (AvgIpc) is 2.92. The number of fused-ring (bicyclic) bond motifs is 1. The molecule has 5 atom stereocenters. The fourth-order valence-electron chi connectivity index (χ4n) is 4.91. The Morgan fingerprint density at radius 3 is 2.69 bits per heavy atom. The zero-order valence-corrected chi connectivity index (χ0v) is 17.6. The van der Waals surface area contributed by atoms with E-state index in [1.54, 1.807) is 4.31 Å². The molecule has 1 aromatic carbocycles. The standard InChI is InChI=1S/C20H29F2N3O3S/c1-12(2)11-29(26,27)25-8-13-7-24(9-19(13)25)15-6-18(23)20(28-10-15)16-5-14(21)3-4-17(16)22/h3-5,12-13,15,18-20H,6-11,23H2,1-2H3/t13?,15-,18+,19?,20-/m1/s1. The van der Waals surface area contributed by atoms with Crippen LogP contribution in [0.1, 0.15) is 31.9 Å². The van der Waals surface area contributed by atoms with Crippen LogP contribution in [-0.2, 0) is 14.8 Å². The SMILES string of the molecule is CC(C)CS(=O)(=O)N1CC2CN([C@H]3CO[C@H](c4cc(F)ccc4F)[C@@H](N)C3)CC21. The topological polar surface area (TPSA) is 75.9 Å². The molecule has 3 fully saturated rings. The van der Waals surface area contributed by atoms with Gasteiger partial charge in [0.15, 0.2) is 0 Å². The molecule has 0 aromatic heterocycles. The van der Waals surface area contributed by atoms with E-state index in [2.05, 4.69) is 4.90 Å². The van der Waals surface area contributed by atoms with Crippen LogP contribution in [0.3, 0.4) is 0 Å². The Morgan fingerprint density at radius 1 is 1.24 bits per heavy atom. The highest BCUT2D eigenvalue weighted by atomic mass is 32.2. The molecule has 4 rings (SSSR count). The minimum Gasteiger partial charge on any atom is -0.370 e. The van der Waals surface area contributed by atoms with Crippen molar-refractivity contribution in [3.63, 3.8) is 0 Å². The van der Waals surface area contributed by atoms with Crippen molar-refractivity contribution in [3.05, 3.63) is 35.4 Å². The van der Waals surface area contributed by atoms with E-state index in [0.717, 1.165) is 24.7 Å². The molecule has 2 unspecified atom stereocenters. The van der Waals surface area contributed by atoms with E-state index in [1.165, 1.54) is 0 Å². The Hall–Kier alpha value is -1.13. The molecule has 3 saturated heterocycles. The molecule has 9 heteroatoms. The Bertz CT molecular complexity index is 867. The first-order valence-electron chi connectivity index (χ1n) is 10.2. The molecule has 3 aliphatic rings. The van der Waals surface area contributed by atoms with Crippen molar-refractivity contribution in [1.29, 1.82) is 0 Å². The van der Waals surface area contributed by atoms with Gasteiger partial charge in [0.25, 0.3) is 0 Å². The maximum atomic E-state index is 14.1. The van der Waals surface area contributed by atoms with Crippen LogP contribution in [0.25, 0.3) is 0 Å². The maximum Gasteiger partial charge on any atom is 0.214 e. The molecule has 162 valence electrons. The van der Waals surface area contributed by atoms with E-state index in [1.807, 2.05) is 13.8 Å². The molecule has 3 heterocycles. The van der Waals surface area contributed by atoms with E-state index >= 15 is 0 Å². The summed E-state index contributed by atoms with van der Waals surface area (Å²) in [5, 5.41) is 0. The summed E-state index contributed by atoms with van der Waals surface area (Å²) in [4.78, 5) is 2.25. The summed E-state index contributed by atoms with van der Waals surface area (Å²) >= 11 is 0. The molecule has 6 nitrogen and oxygen atoms in total. The van der Waals surface area contributed by atoms with Crippen LogP contribution in [0, 0.1) is 23.5 Å². The maximum absolute atomic E-state index is 14.1. The molecule has 0 spiro atoms. The smallest absolute Gasteiger partial charge is 0.214 e. The number of ether oxygens (including phenoxy) is 1. The largest absolute Gasteiger partial charge is 0.370 e. The van der Waals surface area contributed by atoms with Gasteiger partial charge in [-0.3, -0.25) is 4.90 Å². The highest BCUT2D eigenvalue weighted by Crippen LogP contribution is 2.38. The highest BCUT2D eigenvalue weighted by molar-refractivity contribution is 7.89. The van der Waals surface area contributed by atoms with Gasteiger partial charge in [-0.1, -0.05) is 13.8 Å². The molecule has 29 heavy (non-hydrogen) atoms. The van der Waals surface area contributed by atoms with Gasteiger partial charge in [0.1, 0.15) is 17.7 Å². The Kier molecular flexibility index (Phi) is 5.71. The molecule has 3 aliphatic heterocycles. The van der Waals surface area contributed by atoms with Gasteiger partial charge in [-0.05, 0) is 30.5 Å². The molecule has 0 bridgehead atoms. The normalized spacial score (nSPS) is 33.7. The molecule has 0 saturated carbocycles. The van der Waals surface area contributed by atoms with E-state index in [9.17, 15) is 17.2 Å². The number of nitrogens with two attached hydrogens (primary N) is 1. The van der Waals surface area contributed by atoms with Crippen molar-refractivity contribution in [1.82, 2.24) is 9.21 Å². The lowest BCUT2D eigenvalue weighted by Crippen LogP contribution is -2.58. The van der Waals surface area contributed by atoms with Crippen LogP contribution >= 0.6 is 0 Å². The predicted octanol–water partition coefficient (Wildman–Crippen LogP) is 1.72. The zero-order chi connectivity index (χ0) is 20.9. The first kappa shape index (κ1) is 21.1. The molecule has 0 amide bonds. The highest BCUT2D eigenvalue weighted by Gasteiger charge is 2.52. The molecule has 1 aromatic rings. The molecular formula is C20H29F2N3O3S. The van der Waals surface area contributed by atoms with Crippen molar-refractivity contribution in [2.24, 2.45) is 17.6 Å². The number of sulfonamides is 1. The second-order valence-corrected chi connectivity index (χ2v) is 11.0. The van der Waals surface area contributed by atoms with E-state index in [0.29, 0.717) is 32.0 Å². The fraction of sp³-hybridized carbons (Fsp3) is 0.700. The van der Waals surface area contributed by atoms with Crippen molar-refractivity contribution in [3.8, 4) is 0 Å². The Labute approximate surface area is 171 Å². The molecule has 0 radical (unpaired) electrons. The third-order valence-corrected chi connectivity index (χ3v) is 8.52. The molecular weight excluding hydrogens is 400 g/mol. The summed E-state index contributed by atoms with van der Waals surface area (Å²) in [6.07, 6.45) is -0.0806. The van der Waals surface area contributed by atoms with Crippen LogP contribution in [0.5, 0.6) is 0 Å². The van der Waals surface area contributed by atoms with Gasteiger partial charge in [-0.25, -0.2) is 17.2 Å². The van der Waals surface area contributed by atoms with E-state index in [4.69, 9.17) is 10.5 Å². The summed E-state index contributed by atoms with van der Waals surface area (Å²) in [6, 6.07) is 2.94. The van der Waals surface area contributed by atoms with Crippen molar-refractivity contribution in [2.45, 2.75) is 44.5 Å². The lowest BCUT2D eigenvalue weighted by Gasteiger charge is -2.42. The van der Waals surface area contributed by atoms with Crippen LogP contribution in [0.4, 0.5) is 8.78 Å². The number of hydrogen-bond acceptors (Lipinski definition) is 5. The first-order chi connectivity index (χ1) is 13.7. The van der Waals surface area contributed by atoms with Crippen molar-refractivity contribution in [2.75, 3.05) is 32.0 Å². The number of benzene rings is 1. The van der Waals surface area contributed by atoms with Gasteiger partial charge < -0.3 is 10.5 Å². The summed E-state index contributed by atoms with van der Waals surface area (Å²) in [5.74, 6) is -0.421. The number of halogens is 2. The van der Waals surface area contributed by atoms with Gasteiger partial charge in [0.2, 0.25) is 10.0 Å². The molecule has 0 aliphatic carbocycles. The summed E-state index contributed by atoms with van der Waals surface area (Å²) in [5.41, 5.74) is 6.43. The first-order valence-corrected chi connectivity index (χ1v) is 11.8. The number of hydrogen-bond donors (Lipinski definition) is 1. The van der Waals surface area contributed by atoms with Crippen LogP contribution in [-0.4, -0.2) is 67.7 Å². The fourth-order valence-corrected chi connectivity index (χ4v) is 7.01. The number of nitrogens with zero attached hydrogens (tertiary/aromatic N) is 2. The van der Waals surface area contributed by atoms with Crippen LogP contribution in [0.2, 0.25) is 0 Å². The van der Waals surface area contributed by atoms with Gasteiger partial charge >= 0.3 is 0 Å². The predicted molar refractivity (Wildman–Crippen MR) is 106 cm³/mol. The van der Waals surface area contributed by atoms with Crippen LogP contribution in [0.15, 0.2) is 18.2 Å². The summed E-state index contributed by atoms with van der Waals surface area (Å²) in [6.45, 7) is 6.25. The number of rotatable bonds is 5. The minimum absolute atomic E-state index is 0.0216. The van der Waals surface area contributed by atoms with Gasteiger partial charge in [0, 0.05) is 49.2 Å². The third kappa shape index (κ3) is 4.07. The second-order valence-electron chi connectivity index (χ2n) is 9.00. The average molecular weight is 430 g/mol. The summed E-state index contributed by atoms with van der Waals surface area (Å²) < 4.78 is 60.3. The quantitative estimate of drug-likeness (QED) is 0.772. The monoisotopic (exact) mass is 429 g/mol. The van der Waals surface area contributed by atoms with Gasteiger partial charge in [0.05, 0.1) is 12.4 Å². The lowest BCUT2D eigenvalue weighted by atomic mass is 9.93. The Morgan fingerprint density at radius 2 is 2.00 bits per heavy atom. The number of likely N-dealkylation sites (tertiary alicyclic amines) is 1. The molecule has 2 N–H and O–H groups in total. The third-order valence-electron chi connectivity index (χ3n) is 6.30. The second kappa shape index (κ2) is 7.85. The van der Waals surface area contributed by atoms with Gasteiger partial charge in [-0.2, -0.15) is 4.31 Å². The van der Waals surface area contributed by atoms with Crippen molar-refractivity contribution >= 4 is 10.0 Å². The minimum atomic E-state index is -3.22. The van der Waals surface area contributed by atoms with Gasteiger partial charge in [-0.15, -0.1) is 0 Å². The summed E-state index contributed by atoms with van der Waals surface area (Å²) in [7, 11) is -3.22. The Balaban J connectivity index is 1.38. The van der Waals surface area contributed by atoms with Crippen LogP contribution < -0.4 is 5.73 Å². The van der Waals surface area contributed by atoms with Crippen molar-refractivity contribution < 1.29 is 21.9 Å². The lowest BCUT2D eigenvalue weighted by molar-refractivity contribution is -0.0474. The zero-order valence-electron chi connectivity index (χ0n) is 16.8.